The summed E-state index contributed by atoms with van der Waals surface area (Å²) in [6.07, 6.45) is 0. The minimum atomic E-state index is -0.0508. The van der Waals surface area contributed by atoms with E-state index in [0.29, 0.717) is 5.56 Å². The van der Waals surface area contributed by atoms with Gasteiger partial charge >= 0.3 is 0 Å². The van der Waals surface area contributed by atoms with Crippen LogP contribution < -0.4 is 5.43 Å². The summed E-state index contributed by atoms with van der Waals surface area (Å²) in [6.45, 7) is 4.27. The maximum absolute atomic E-state index is 12.1. The lowest BCUT2D eigenvalue weighted by Gasteiger charge is -2.34. The second-order valence-corrected chi connectivity index (χ2v) is 6.07. The number of piperazine rings is 1. The fourth-order valence-electron chi connectivity index (χ4n) is 2.68. The van der Waals surface area contributed by atoms with Gasteiger partial charge in [-0.3, -0.25) is 15.1 Å². The fraction of sp³-hybridized carbons (Fsp3) is 0.278. The number of nitrogens with zero attached hydrogens (tertiary/aromatic N) is 2. The van der Waals surface area contributed by atoms with Crippen molar-refractivity contribution >= 4 is 17.5 Å². The lowest BCUT2D eigenvalue weighted by atomic mass is 10.2. The molecule has 1 amide bonds. The number of carbonyl (C=O) groups excluding carboxylic acids is 1. The number of hydrazine groups is 1. The van der Waals surface area contributed by atoms with Crippen LogP contribution in [0.4, 0.5) is 0 Å². The summed E-state index contributed by atoms with van der Waals surface area (Å²) < 4.78 is 0. The molecule has 1 heterocycles. The number of nitrogens with one attached hydrogen (secondary N) is 1. The first-order chi connectivity index (χ1) is 11.2. The van der Waals surface area contributed by atoms with E-state index in [2.05, 4.69) is 16.4 Å². The molecule has 1 saturated heterocycles. The van der Waals surface area contributed by atoms with Crippen LogP contribution in [0.1, 0.15) is 15.9 Å². The Kier molecular flexibility index (Phi) is 5.28. The number of halogens is 1. The zero-order valence-corrected chi connectivity index (χ0v) is 13.7. The van der Waals surface area contributed by atoms with Crippen LogP contribution in [0.25, 0.3) is 0 Å². The first kappa shape index (κ1) is 16.0. The summed E-state index contributed by atoms with van der Waals surface area (Å²) in [5, 5.41) is 2.80. The molecule has 3 rings (SSSR count). The molecule has 0 saturated carbocycles. The van der Waals surface area contributed by atoms with Gasteiger partial charge in [-0.1, -0.05) is 48.0 Å². The van der Waals surface area contributed by atoms with Crippen LogP contribution in [-0.4, -0.2) is 42.0 Å². The third kappa shape index (κ3) is 4.32. The number of benzene rings is 2. The molecule has 0 radical (unpaired) electrons. The lowest BCUT2D eigenvalue weighted by molar-refractivity contribution is 0.0604. The Morgan fingerprint density at radius 3 is 2.30 bits per heavy atom. The summed E-state index contributed by atoms with van der Waals surface area (Å²) in [6, 6.07) is 17.2. The van der Waals surface area contributed by atoms with Gasteiger partial charge in [0, 0.05) is 43.3 Å². The molecular weight excluding hydrogens is 310 g/mol. The van der Waals surface area contributed by atoms with E-state index >= 15 is 0 Å². The van der Waals surface area contributed by atoms with Crippen LogP contribution in [0.15, 0.2) is 54.6 Å². The molecule has 23 heavy (non-hydrogen) atoms. The van der Waals surface area contributed by atoms with Crippen molar-refractivity contribution in [1.29, 1.82) is 0 Å². The predicted molar refractivity (Wildman–Crippen MR) is 92.2 cm³/mol. The summed E-state index contributed by atoms with van der Waals surface area (Å²) in [7, 11) is 0. The highest BCUT2D eigenvalue weighted by Crippen LogP contribution is 2.17. The maximum Gasteiger partial charge on any atom is 0.265 e. The highest BCUT2D eigenvalue weighted by Gasteiger charge is 2.19. The maximum atomic E-state index is 12.1. The van der Waals surface area contributed by atoms with Crippen LogP contribution in [0.3, 0.4) is 0 Å². The van der Waals surface area contributed by atoms with Crippen LogP contribution in [-0.2, 0) is 6.54 Å². The van der Waals surface area contributed by atoms with Crippen molar-refractivity contribution in [2.45, 2.75) is 6.54 Å². The molecular formula is C18H20ClN3O. The number of amides is 1. The lowest BCUT2D eigenvalue weighted by Crippen LogP contribution is -2.53. The monoisotopic (exact) mass is 329 g/mol. The van der Waals surface area contributed by atoms with Gasteiger partial charge in [0.15, 0.2) is 0 Å². The number of rotatable bonds is 4. The molecule has 1 N–H and O–H groups in total. The fourth-order valence-corrected chi connectivity index (χ4v) is 2.88. The Morgan fingerprint density at radius 2 is 1.61 bits per heavy atom. The SMILES string of the molecule is O=C(NN1CCN(Cc2ccccc2Cl)CC1)c1ccccc1. The highest BCUT2D eigenvalue weighted by molar-refractivity contribution is 6.31. The van der Waals surface area contributed by atoms with Crippen LogP contribution in [0.2, 0.25) is 5.02 Å². The van der Waals surface area contributed by atoms with Crippen molar-refractivity contribution < 1.29 is 4.79 Å². The predicted octanol–water partition coefficient (Wildman–Crippen LogP) is 2.80. The Labute approximate surface area is 141 Å². The molecule has 4 nitrogen and oxygen atoms in total. The second kappa shape index (κ2) is 7.59. The summed E-state index contributed by atoms with van der Waals surface area (Å²) in [4.78, 5) is 14.5. The summed E-state index contributed by atoms with van der Waals surface area (Å²) in [5.41, 5.74) is 4.81. The van der Waals surface area contributed by atoms with Crippen molar-refractivity contribution in [1.82, 2.24) is 15.3 Å². The normalized spacial score (nSPS) is 16.2. The van der Waals surface area contributed by atoms with Crippen LogP contribution >= 0.6 is 11.6 Å². The molecule has 1 aliphatic rings. The number of hydrogen-bond acceptors (Lipinski definition) is 3. The van der Waals surface area contributed by atoms with Crippen LogP contribution in [0.5, 0.6) is 0 Å². The van der Waals surface area contributed by atoms with E-state index in [0.717, 1.165) is 43.3 Å². The van der Waals surface area contributed by atoms with Gasteiger partial charge in [0.1, 0.15) is 0 Å². The highest BCUT2D eigenvalue weighted by atomic mass is 35.5. The Morgan fingerprint density at radius 1 is 0.957 bits per heavy atom. The Bertz CT molecular complexity index is 654. The zero-order valence-electron chi connectivity index (χ0n) is 12.9. The van der Waals surface area contributed by atoms with E-state index in [1.807, 2.05) is 53.5 Å². The topological polar surface area (TPSA) is 35.6 Å². The average molecular weight is 330 g/mol. The summed E-state index contributed by atoms with van der Waals surface area (Å²) in [5.74, 6) is -0.0508. The molecule has 5 heteroatoms. The third-order valence-electron chi connectivity index (χ3n) is 4.02. The standard InChI is InChI=1S/C18H20ClN3O/c19-17-9-5-4-8-16(17)14-21-10-12-22(13-11-21)20-18(23)15-6-2-1-3-7-15/h1-9H,10-14H2,(H,20,23). The van der Waals surface area contributed by atoms with Gasteiger partial charge in [-0.15, -0.1) is 0 Å². The molecule has 2 aromatic carbocycles. The smallest absolute Gasteiger partial charge is 0.265 e. The molecule has 0 atom stereocenters. The van der Waals surface area contributed by atoms with Crippen molar-refractivity contribution in [3.63, 3.8) is 0 Å². The van der Waals surface area contributed by atoms with Gasteiger partial charge in [-0.2, -0.15) is 0 Å². The largest absolute Gasteiger partial charge is 0.296 e. The van der Waals surface area contributed by atoms with Gasteiger partial charge in [0.25, 0.3) is 5.91 Å². The van der Waals surface area contributed by atoms with Gasteiger partial charge in [0.2, 0.25) is 0 Å². The van der Waals surface area contributed by atoms with Gasteiger partial charge in [0.05, 0.1) is 0 Å². The number of hydrogen-bond donors (Lipinski definition) is 1. The van der Waals surface area contributed by atoms with Crippen molar-refractivity contribution in [3.05, 3.63) is 70.7 Å². The summed E-state index contributed by atoms with van der Waals surface area (Å²) >= 11 is 6.21. The minimum absolute atomic E-state index is 0.0508. The van der Waals surface area contributed by atoms with E-state index in [4.69, 9.17) is 11.6 Å². The van der Waals surface area contributed by atoms with E-state index in [-0.39, 0.29) is 5.91 Å². The van der Waals surface area contributed by atoms with E-state index in [1.54, 1.807) is 0 Å². The van der Waals surface area contributed by atoms with Gasteiger partial charge in [-0.05, 0) is 23.8 Å². The molecule has 1 fully saturated rings. The van der Waals surface area contributed by atoms with E-state index in [9.17, 15) is 4.79 Å². The molecule has 0 aromatic heterocycles. The molecule has 0 aliphatic carbocycles. The average Bonchev–Trinajstić information content (AvgIpc) is 2.59. The molecule has 0 unspecified atom stereocenters. The molecule has 120 valence electrons. The molecule has 0 spiro atoms. The van der Waals surface area contributed by atoms with Crippen molar-refractivity contribution in [3.8, 4) is 0 Å². The van der Waals surface area contributed by atoms with Gasteiger partial charge < -0.3 is 0 Å². The molecule has 1 aliphatic heterocycles. The molecule has 0 bridgehead atoms. The third-order valence-corrected chi connectivity index (χ3v) is 4.39. The van der Waals surface area contributed by atoms with Crippen LogP contribution in [0, 0.1) is 0 Å². The molecule has 2 aromatic rings. The van der Waals surface area contributed by atoms with E-state index in [1.165, 1.54) is 0 Å². The number of carbonyl (C=O) groups is 1. The van der Waals surface area contributed by atoms with Gasteiger partial charge in [-0.25, -0.2) is 5.01 Å². The van der Waals surface area contributed by atoms with Crippen molar-refractivity contribution in [2.24, 2.45) is 0 Å². The Balaban J connectivity index is 1.49. The quantitative estimate of drug-likeness (QED) is 0.937. The van der Waals surface area contributed by atoms with Crippen molar-refractivity contribution in [2.75, 3.05) is 26.2 Å². The first-order valence-electron chi connectivity index (χ1n) is 7.79. The zero-order chi connectivity index (χ0) is 16.1. The van der Waals surface area contributed by atoms with E-state index < -0.39 is 0 Å². The first-order valence-corrected chi connectivity index (χ1v) is 8.17. The second-order valence-electron chi connectivity index (χ2n) is 5.66. The minimum Gasteiger partial charge on any atom is -0.296 e. The Hall–Kier alpha value is -1.88.